The first kappa shape index (κ1) is 45.5. The van der Waals surface area contributed by atoms with Gasteiger partial charge in [0.25, 0.3) is 0 Å². The molecule has 2 saturated heterocycles. The van der Waals surface area contributed by atoms with Crippen LogP contribution in [0.4, 0.5) is 20.2 Å². The number of aromatic nitrogens is 2. The molecule has 19 heteroatoms. The van der Waals surface area contributed by atoms with E-state index in [2.05, 4.69) is 0 Å². The first-order valence-electron chi connectivity index (χ1n) is 19.7. The Morgan fingerprint density at radius 3 is 1.57 bits per heavy atom. The molecule has 4 aromatic rings. The number of hydrogen-bond donors (Lipinski definition) is 1. The number of carboxylic acid groups (broad SMARTS) is 1. The molecule has 4 aliphatic heterocycles. The molecule has 2 aromatic heterocycles. The third-order valence-electron chi connectivity index (χ3n) is 11.5. The summed E-state index contributed by atoms with van der Waals surface area (Å²) < 4.78 is 50.6. The Labute approximate surface area is 369 Å². The van der Waals surface area contributed by atoms with Crippen molar-refractivity contribution in [1.82, 2.24) is 9.13 Å². The van der Waals surface area contributed by atoms with Crippen molar-refractivity contribution in [2.45, 2.75) is 103 Å². The predicted molar refractivity (Wildman–Crippen MR) is 209 cm³/mol. The van der Waals surface area contributed by atoms with E-state index in [1.165, 1.54) is 29.1 Å². The molecule has 2 saturated carbocycles. The van der Waals surface area contributed by atoms with Crippen LogP contribution in [0.5, 0.6) is 0 Å². The van der Waals surface area contributed by atoms with Crippen molar-refractivity contribution < 1.29 is 82.3 Å². The summed E-state index contributed by atoms with van der Waals surface area (Å²) in [5, 5.41) is 16.8. The summed E-state index contributed by atoms with van der Waals surface area (Å²) in [6, 6.07) is 3.76. The van der Waals surface area contributed by atoms with Gasteiger partial charge in [-0.05, 0) is 57.6 Å². The van der Waals surface area contributed by atoms with Gasteiger partial charge in [0.1, 0.15) is 22.8 Å². The van der Waals surface area contributed by atoms with Crippen molar-refractivity contribution in [3.8, 4) is 6.07 Å². The molecule has 6 aliphatic rings. The third kappa shape index (κ3) is 8.10. The Bertz CT molecular complexity index is 2640. The SMILES string of the molecule is CC#N.CCOC(=O)c1cn(C2CC2)c2c3c(c(F)cc2c1=O)N1C(=O)CC[C@H]1COC3.O=C(O)c1cn(C2CC2)c2c3c(c(F)cc2c1=O)N1C(=O)CC[C@H]1COC3.[Na+].[OH-]. The van der Waals surface area contributed by atoms with Crippen LogP contribution in [-0.2, 0) is 37.0 Å². The fraction of sp³-hybridized carbons (Fsp3) is 0.452. The molecule has 6 heterocycles. The van der Waals surface area contributed by atoms with Crippen LogP contribution in [0.3, 0.4) is 0 Å². The number of anilines is 2. The maximum Gasteiger partial charge on any atom is 1.00 e. The Morgan fingerprint density at radius 2 is 1.18 bits per heavy atom. The number of benzene rings is 2. The number of fused-ring (bicyclic) bond motifs is 10. The molecular weight excluding hydrogens is 811 g/mol. The molecule has 2 atom stereocenters. The van der Waals surface area contributed by atoms with Crippen LogP contribution in [0.1, 0.15) is 109 Å². The van der Waals surface area contributed by atoms with Gasteiger partial charge in [-0.3, -0.25) is 19.2 Å². The Hall–Kier alpha value is -5.03. The number of carbonyl (C=O) groups is 4. The van der Waals surface area contributed by atoms with Crippen molar-refractivity contribution in [3.63, 3.8) is 0 Å². The largest absolute Gasteiger partial charge is 1.00 e. The number of aromatic carboxylic acids is 1. The standard InChI is InChI=1S/C21H21FN2O5.C19H17FN2O5.C2H3N.Na.H2O/c1-2-29-21(27)14-8-23(11-3-4-11)18-13(20(14)26)7-16(22)19-15(18)10-28-9-12-5-6-17(25)24(12)19;20-14-5-11-16(21(9-1-2-9)6-12(18(11)24)19(25)26)13-8-27-7-10-3-4-15(23)22(10)17(13)14;1-2-3;;/h7-8,11-12H,2-6,9-10H2,1H3;5-6,9-10H,1-4,7-8H2,(H,25,26);1H3;;1H2/q;;;+1;/p-1/t12-;10-;;;/m00.../s1. The van der Waals surface area contributed by atoms with Gasteiger partial charge in [0, 0.05) is 66.1 Å². The van der Waals surface area contributed by atoms with Gasteiger partial charge in [-0.1, -0.05) is 0 Å². The van der Waals surface area contributed by atoms with Crippen LogP contribution < -0.4 is 50.2 Å². The number of halogens is 2. The van der Waals surface area contributed by atoms with Crippen LogP contribution in [-0.4, -0.2) is 75.4 Å². The number of amides is 2. The van der Waals surface area contributed by atoms with Gasteiger partial charge < -0.3 is 43.7 Å². The zero-order chi connectivity index (χ0) is 41.9. The van der Waals surface area contributed by atoms with E-state index in [0.717, 1.165) is 37.8 Å². The second-order valence-corrected chi connectivity index (χ2v) is 15.4. The van der Waals surface area contributed by atoms with E-state index >= 15 is 8.78 Å². The Morgan fingerprint density at radius 1 is 0.770 bits per heavy atom. The number of pyridine rings is 2. The maximum absolute atomic E-state index is 15.3. The smallest absolute Gasteiger partial charge is 0.870 e. The number of carboxylic acids is 1. The van der Waals surface area contributed by atoms with Gasteiger partial charge in [-0.15, -0.1) is 0 Å². The van der Waals surface area contributed by atoms with E-state index in [0.29, 0.717) is 61.1 Å². The normalized spacial score (nSPS) is 19.9. The number of ether oxygens (including phenoxy) is 3. The molecule has 16 nitrogen and oxygen atoms in total. The fourth-order valence-corrected chi connectivity index (χ4v) is 8.71. The molecule has 2 aliphatic carbocycles. The zero-order valence-electron chi connectivity index (χ0n) is 33.9. The number of nitrogens with zero attached hydrogens (tertiary/aromatic N) is 5. The summed E-state index contributed by atoms with van der Waals surface area (Å²) >= 11 is 0. The van der Waals surface area contributed by atoms with E-state index in [1.54, 1.807) is 17.6 Å². The minimum absolute atomic E-state index is 0. The molecule has 10 rings (SSSR count). The number of hydrogen-bond acceptors (Lipinski definition) is 11. The first-order valence-corrected chi connectivity index (χ1v) is 19.7. The molecule has 0 radical (unpaired) electrons. The minimum Gasteiger partial charge on any atom is -0.870 e. The van der Waals surface area contributed by atoms with Crippen molar-refractivity contribution >= 4 is 56.9 Å². The van der Waals surface area contributed by atoms with Crippen molar-refractivity contribution in [3.05, 3.63) is 78.9 Å². The van der Waals surface area contributed by atoms with E-state index in [-0.39, 0.29) is 124 Å². The van der Waals surface area contributed by atoms with Crippen LogP contribution in [0, 0.1) is 23.0 Å². The van der Waals surface area contributed by atoms with Crippen molar-refractivity contribution in [2.75, 3.05) is 29.6 Å². The van der Waals surface area contributed by atoms with Crippen LogP contribution in [0.2, 0.25) is 0 Å². The maximum atomic E-state index is 15.3. The fourth-order valence-electron chi connectivity index (χ4n) is 8.71. The topological polar surface area (TPSA) is 220 Å². The quantitative estimate of drug-likeness (QED) is 0.226. The molecule has 0 bridgehead atoms. The summed E-state index contributed by atoms with van der Waals surface area (Å²) in [6.45, 7) is 4.05. The zero-order valence-corrected chi connectivity index (χ0v) is 35.9. The average molecular weight is 854 g/mol. The Balaban J connectivity index is 0.000000186. The van der Waals surface area contributed by atoms with Gasteiger partial charge in [0.2, 0.25) is 22.7 Å². The van der Waals surface area contributed by atoms with E-state index in [1.807, 2.05) is 4.57 Å². The summed E-state index contributed by atoms with van der Waals surface area (Å²) in [7, 11) is 0. The molecule has 2 aromatic carbocycles. The predicted octanol–water partition coefficient (Wildman–Crippen LogP) is 2.23. The molecule has 2 amide bonds. The second-order valence-electron chi connectivity index (χ2n) is 15.4. The second kappa shape index (κ2) is 18.1. The number of rotatable bonds is 5. The van der Waals surface area contributed by atoms with Crippen molar-refractivity contribution in [2.24, 2.45) is 0 Å². The van der Waals surface area contributed by atoms with Gasteiger partial charge in [-0.2, -0.15) is 5.26 Å². The molecule has 316 valence electrons. The molecule has 4 fully saturated rings. The monoisotopic (exact) mass is 853 g/mol. The minimum atomic E-state index is -1.34. The van der Waals surface area contributed by atoms with E-state index < -0.39 is 34.4 Å². The van der Waals surface area contributed by atoms with Crippen LogP contribution in [0.25, 0.3) is 21.8 Å². The van der Waals surface area contributed by atoms with E-state index in [9.17, 15) is 33.9 Å². The van der Waals surface area contributed by atoms with Gasteiger partial charge in [-0.25, -0.2) is 18.4 Å². The van der Waals surface area contributed by atoms with Crippen molar-refractivity contribution in [1.29, 1.82) is 5.26 Å². The average Bonchev–Trinajstić information content (AvgIpc) is 4.13. The van der Waals surface area contributed by atoms with Gasteiger partial charge >= 0.3 is 41.5 Å². The van der Waals surface area contributed by atoms with Crippen LogP contribution >= 0.6 is 0 Å². The number of nitriles is 1. The summed E-state index contributed by atoms with van der Waals surface area (Å²) in [6.07, 6.45) is 8.28. The van der Waals surface area contributed by atoms with Crippen LogP contribution in [0.15, 0.2) is 34.1 Å². The molecule has 0 spiro atoms. The number of carbonyl (C=O) groups excluding carboxylic acids is 3. The van der Waals surface area contributed by atoms with Gasteiger partial charge in [0.05, 0.1) is 73.6 Å². The Kier molecular flexibility index (Phi) is 13.5. The summed E-state index contributed by atoms with van der Waals surface area (Å²) in [4.78, 5) is 77.4. The summed E-state index contributed by atoms with van der Waals surface area (Å²) in [5.41, 5.74) is 0.584. The summed E-state index contributed by atoms with van der Waals surface area (Å²) in [5.74, 6) is -3.67. The molecule has 61 heavy (non-hydrogen) atoms. The van der Waals surface area contributed by atoms with E-state index in [4.69, 9.17) is 19.5 Å². The molecule has 2 N–H and O–H groups in total. The number of esters is 1. The first-order chi connectivity index (χ1) is 28.4. The molecule has 0 unspecified atom stereocenters. The molecular formula is C42H42F2N5NaO11. The third-order valence-corrected chi connectivity index (χ3v) is 11.5. The van der Waals surface area contributed by atoms with Gasteiger partial charge in [0.15, 0.2) is 0 Å².